The summed E-state index contributed by atoms with van der Waals surface area (Å²) >= 11 is 4.72. The van der Waals surface area contributed by atoms with Crippen molar-refractivity contribution in [3.63, 3.8) is 0 Å². The Kier molecular flexibility index (Phi) is 8.23. The third-order valence-corrected chi connectivity index (χ3v) is 9.05. The zero-order valence-electron chi connectivity index (χ0n) is 19.1. The first-order valence-electron chi connectivity index (χ1n) is 11.6. The molecule has 1 aliphatic carbocycles. The van der Waals surface area contributed by atoms with Crippen molar-refractivity contribution in [1.29, 1.82) is 5.26 Å². The number of carbonyl (C=O) groups excluding carboxylic acids is 1. The van der Waals surface area contributed by atoms with Gasteiger partial charge < -0.3 is 9.88 Å². The second-order valence-corrected chi connectivity index (χ2v) is 11.2. The summed E-state index contributed by atoms with van der Waals surface area (Å²) in [5, 5.41) is 25.2. The van der Waals surface area contributed by atoms with Crippen LogP contribution >= 0.6 is 34.4 Å². The maximum absolute atomic E-state index is 12.8. The van der Waals surface area contributed by atoms with Gasteiger partial charge in [-0.1, -0.05) is 38.5 Å². The van der Waals surface area contributed by atoms with Crippen LogP contribution in [0, 0.1) is 11.3 Å². The van der Waals surface area contributed by atoms with E-state index in [0.717, 1.165) is 67.2 Å². The number of amides is 1. The predicted octanol–water partition coefficient (Wildman–Crippen LogP) is 6.30. The maximum Gasteiger partial charge on any atom is 0.235 e. The van der Waals surface area contributed by atoms with E-state index in [9.17, 15) is 10.1 Å². The summed E-state index contributed by atoms with van der Waals surface area (Å²) in [7, 11) is 0. The number of hydrogen-bond acceptors (Lipinski definition) is 7. The van der Waals surface area contributed by atoms with E-state index in [1.165, 1.54) is 34.4 Å². The van der Waals surface area contributed by atoms with Gasteiger partial charge in [0.25, 0.3) is 0 Å². The zero-order valence-corrected chi connectivity index (χ0v) is 21.6. The van der Waals surface area contributed by atoms with Crippen molar-refractivity contribution in [2.24, 2.45) is 0 Å². The molecule has 0 unspecified atom stereocenters. The van der Waals surface area contributed by atoms with Gasteiger partial charge in [-0.05, 0) is 50.2 Å². The molecule has 0 radical (unpaired) electrons. The quantitative estimate of drug-likeness (QED) is 0.368. The third-order valence-electron chi connectivity index (χ3n) is 5.79. The monoisotopic (exact) mass is 499 g/mol. The molecule has 4 rings (SSSR count). The Hall–Kier alpha value is -2.15. The van der Waals surface area contributed by atoms with Crippen molar-refractivity contribution < 1.29 is 4.79 Å². The molecule has 0 atom stereocenters. The van der Waals surface area contributed by atoms with Gasteiger partial charge in [-0.15, -0.1) is 32.9 Å². The van der Waals surface area contributed by atoms with E-state index < -0.39 is 0 Å². The summed E-state index contributed by atoms with van der Waals surface area (Å²) in [6.45, 7) is 5.08. The molecule has 0 aromatic carbocycles. The Balaban J connectivity index is 1.46. The van der Waals surface area contributed by atoms with Crippen molar-refractivity contribution in [3.05, 3.63) is 32.3 Å². The normalized spacial score (nSPS) is 13.7. The van der Waals surface area contributed by atoms with Gasteiger partial charge in [0.1, 0.15) is 11.1 Å². The Morgan fingerprint density at radius 1 is 1.24 bits per heavy atom. The molecule has 0 aliphatic heterocycles. The Morgan fingerprint density at radius 3 is 2.79 bits per heavy atom. The van der Waals surface area contributed by atoms with Crippen LogP contribution in [-0.2, 0) is 30.6 Å². The van der Waals surface area contributed by atoms with Gasteiger partial charge in [0, 0.05) is 27.2 Å². The SMILES string of the molecule is CCCn1c(SCC(=O)Nc2sc3c(c2C#N)CCCCCC3)nnc1-c1csc(CC)c1. The van der Waals surface area contributed by atoms with Crippen LogP contribution < -0.4 is 5.32 Å². The number of hydrogen-bond donors (Lipinski definition) is 1. The minimum atomic E-state index is -0.109. The first-order chi connectivity index (χ1) is 16.1. The molecule has 3 aromatic heterocycles. The van der Waals surface area contributed by atoms with E-state index in [1.807, 2.05) is 0 Å². The average molecular weight is 500 g/mol. The maximum atomic E-state index is 12.8. The molecular formula is C24H29N5OS3. The predicted molar refractivity (Wildman–Crippen MR) is 137 cm³/mol. The topological polar surface area (TPSA) is 83.6 Å². The van der Waals surface area contributed by atoms with E-state index >= 15 is 0 Å². The van der Waals surface area contributed by atoms with E-state index in [-0.39, 0.29) is 11.7 Å². The van der Waals surface area contributed by atoms with Gasteiger partial charge in [-0.25, -0.2) is 0 Å². The minimum absolute atomic E-state index is 0.109. The van der Waals surface area contributed by atoms with Gasteiger partial charge in [-0.2, -0.15) is 5.26 Å². The van der Waals surface area contributed by atoms with E-state index in [1.54, 1.807) is 22.7 Å². The summed E-state index contributed by atoms with van der Waals surface area (Å²) in [5.74, 6) is 0.988. The van der Waals surface area contributed by atoms with E-state index in [4.69, 9.17) is 0 Å². The molecule has 0 bridgehead atoms. The summed E-state index contributed by atoms with van der Waals surface area (Å²) in [4.78, 5) is 15.4. The second kappa shape index (κ2) is 11.3. The van der Waals surface area contributed by atoms with Crippen LogP contribution in [-0.4, -0.2) is 26.4 Å². The fourth-order valence-corrected chi connectivity index (χ4v) is 6.97. The lowest BCUT2D eigenvalue weighted by atomic mass is 9.97. The van der Waals surface area contributed by atoms with Crippen molar-refractivity contribution in [2.45, 2.75) is 76.9 Å². The number of fused-ring (bicyclic) bond motifs is 1. The first kappa shape index (κ1) is 24.0. The van der Waals surface area contributed by atoms with Crippen LogP contribution in [0.5, 0.6) is 0 Å². The Labute approximate surface area is 207 Å². The van der Waals surface area contributed by atoms with Crippen LogP contribution in [0.1, 0.15) is 66.8 Å². The number of nitrogens with zero attached hydrogens (tertiary/aromatic N) is 4. The van der Waals surface area contributed by atoms with Gasteiger partial charge >= 0.3 is 0 Å². The number of carbonyl (C=O) groups is 1. The second-order valence-electron chi connectivity index (χ2n) is 8.18. The van der Waals surface area contributed by atoms with Gasteiger partial charge in [-0.3, -0.25) is 4.79 Å². The molecule has 1 aliphatic rings. The summed E-state index contributed by atoms with van der Waals surface area (Å²) < 4.78 is 2.11. The zero-order chi connectivity index (χ0) is 23.2. The van der Waals surface area contributed by atoms with Crippen LogP contribution in [0.2, 0.25) is 0 Å². The van der Waals surface area contributed by atoms with E-state index in [2.05, 4.69) is 51.4 Å². The van der Waals surface area contributed by atoms with Gasteiger partial charge in [0.15, 0.2) is 11.0 Å². The lowest BCUT2D eigenvalue weighted by molar-refractivity contribution is -0.113. The molecule has 0 saturated carbocycles. The molecular weight excluding hydrogens is 470 g/mol. The summed E-state index contributed by atoms with van der Waals surface area (Å²) in [5.41, 5.74) is 2.90. The number of anilines is 1. The number of nitriles is 1. The molecule has 3 heterocycles. The summed E-state index contributed by atoms with van der Waals surface area (Å²) in [6.07, 6.45) is 8.62. The Bertz CT molecular complexity index is 1150. The van der Waals surface area contributed by atoms with Crippen LogP contribution in [0.15, 0.2) is 16.6 Å². The highest BCUT2D eigenvalue weighted by Gasteiger charge is 2.21. The standard InChI is InChI=1S/C24H29N5OS3/c1-3-11-29-22(16-12-17(4-2)31-14-16)27-28-24(29)32-15-21(30)26-23-19(13-25)18-9-7-5-6-8-10-20(18)33-23/h12,14H,3-11,15H2,1-2H3,(H,26,30). The van der Waals surface area contributed by atoms with Crippen molar-refractivity contribution in [3.8, 4) is 17.5 Å². The number of thiophene rings is 2. The molecule has 0 spiro atoms. The highest BCUT2D eigenvalue weighted by Crippen LogP contribution is 2.37. The average Bonchev–Trinajstić information content (AvgIpc) is 3.50. The van der Waals surface area contributed by atoms with Crippen LogP contribution in [0.4, 0.5) is 5.00 Å². The molecule has 1 N–H and O–H groups in total. The number of rotatable bonds is 8. The van der Waals surface area contributed by atoms with Crippen LogP contribution in [0.3, 0.4) is 0 Å². The number of aromatic nitrogens is 3. The highest BCUT2D eigenvalue weighted by atomic mass is 32.2. The molecule has 3 aromatic rings. The molecule has 6 nitrogen and oxygen atoms in total. The third kappa shape index (κ3) is 5.51. The number of nitrogens with one attached hydrogen (secondary N) is 1. The first-order valence-corrected chi connectivity index (χ1v) is 14.3. The fraction of sp³-hybridized carbons (Fsp3) is 0.500. The molecule has 33 heavy (non-hydrogen) atoms. The Morgan fingerprint density at radius 2 is 2.06 bits per heavy atom. The van der Waals surface area contributed by atoms with Crippen molar-refractivity contribution in [2.75, 3.05) is 11.1 Å². The largest absolute Gasteiger partial charge is 0.316 e. The number of thioether (sulfide) groups is 1. The molecule has 1 amide bonds. The smallest absolute Gasteiger partial charge is 0.235 e. The molecule has 0 fully saturated rings. The van der Waals surface area contributed by atoms with Gasteiger partial charge in [0.2, 0.25) is 5.91 Å². The minimum Gasteiger partial charge on any atom is -0.316 e. The van der Waals surface area contributed by atoms with Crippen molar-refractivity contribution in [1.82, 2.24) is 14.8 Å². The van der Waals surface area contributed by atoms with E-state index in [0.29, 0.717) is 10.6 Å². The fourth-order valence-electron chi connectivity index (χ4n) is 4.14. The molecule has 9 heteroatoms. The van der Waals surface area contributed by atoms with Gasteiger partial charge in [0.05, 0.1) is 11.3 Å². The number of aryl methyl sites for hydroxylation is 2. The molecule has 0 saturated heterocycles. The van der Waals surface area contributed by atoms with Crippen molar-refractivity contribution >= 4 is 45.3 Å². The highest BCUT2D eigenvalue weighted by molar-refractivity contribution is 7.99. The van der Waals surface area contributed by atoms with Crippen LogP contribution in [0.25, 0.3) is 11.4 Å². The lowest BCUT2D eigenvalue weighted by Gasteiger charge is -2.09. The molecule has 174 valence electrons. The lowest BCUT2D eigenvalue weighted by Crippen LogP contribution is -2.14. The summed E-state index contributed by atoms with van der Waals surface area (Å²) in [6, 6.07) is 4.52.